The first-order valence-electron chi connectivity index (χ1n) is 5.98. The Kier molecular flexibility index (Phi) is 3.30. The summed E-state index contributed by atoms with van der Waals surface area (Å²) in [5.74, 6) is 1.34. The second-order valence-electron chi connectivity index (χ2n) is 4.94. The van der Waals surface area contributed by atoms with Gasteiger partial charge in [0.1, 0.15) is 11.9 Å². The first kappa shape index (κ1) is 11.9. The fraction of sp³-hybridized carbons (Fsp3) is 0.538. The molecule has 1 fully saturated rings. The molecule has 17 heavy (non-hydrogen) atoms. The van der Waals surface area contributed by atoms with Crippen molar-refractivity contribution in [2.45, 2.75) is 26.3 Å². The van der Waals surface area contributed by atoms with Crippen molar-refractivity contribution in [1.82, 2.24) is 4.98 Å². The van der Waals surface area contributed by atoms with Crippen molar-refractivity contribution < 1.29 is 0 Å². The van der Waals surface area contributed by atoms with E-state index in [1.54, 1.807) is 0 Å². The van der Waals surface area contributed by atoms with Crippen LogP contribution in [0.4, 0.5) is 5.82 Å². The lowest BCUT2D eigenvalue weighted by atomic mass is 9.96. The molecule has 4 nitrogen and oxygen atoms in total. The van der Waals surface area contributed by atoms with Crippen molar-refractivity contribution in [3.8, 4) is 6.07 Å². The second-order valence-corrected chi connectivity index (χ2v) is 4.94. The maximum atomic E-state index is 9.12. The Morgan fingerprint density at radius 3 is 2.88 bits per heavy atom. The molecule has 1 aliphatic heterocycles. The molecule has 2 unspecified atom stereocenters. The van der Waals surface area contributed by atoms with Crippen molar-refractivity contribution in [2.24, 2.45) is 11.7 Å². The van der Waals surface area contributed by atoms with Gasteiger partial charge in [-0.2, -0.15) is 5.26 Å². The minimum Gasteiger partial charge on any atom is -0.354 e. The fourth-order valence-electron chi connectivity index (χ4n) is 2.44. The smallest absolute Gasteiger partial charge is 0.146 e. The van der Waals surface area contributed by atoms with Crippen LogP contribution in [-0.4, -0.2) is 24.1 Å². The normalized spacial score (nSPS) is 24.5. The number of piperidine rings is 1. The molecule has 1 saturated heterocycles. The van der Waals surface area contributed by atoms with E-state index in [0.29, 0.717) is 11.5 Å². The van der Waals surface area contributed by atoms with Crippen molar-refractivity contribution >= 4 is 5.82 Å². The summed E-state index contributed by atoms with van der Waals surface area (Å²) in [7, 11) is 0. The highest BCUT2D eigenvalue weighted by molar-refractivity contribution is 5.54. The van der Waals surface area contributed by atoms with Gasteiger partial charge in [0.05, 0.1) is 5.56 Å². The summed E-state index contributed by atoms with van der Waals surface area (Å²) in [4.78, 5) is 6.63. The van der Waals surface area contributed by atoms with E-state index in [9.17, 15) is 0 Å². The molecule has 2 atom stereocenters. The fourth-order valence-corrected chi connectivity index (χ4v) is 2.44. The predicted molar refractivity (Wildman–Crippen MR) is 67.7 cm³/mol. The first-order valence-corrected chi connectivity index (χ1v) is 5.98. The Morgan fingerprint density at radius 2 is 2.24 bits per heavy atom. The van der Waals surface area contributed by atoms with Crippen molar-refractivity contribution in [1.29, 1.82) is 5.26 Å². The zero-order valence-electron chi connectivity index (χ0n) is 10.3. The van der Waals surface area contributed by atoms with Crippen LogP contribution in [0.15, 0.2) is 12.1 Å². The maximum absolute atomic E-state index is 9.12. The van der Waals surface area contributed by atoms with Gasteiger partial charge >= 0.3 is 0 Å². The monoisotopic (exact) mass is 230 g/mol. The van der Waals surface area contributed by atoms with Crippen LogP contribution in [-0.2, 0) is 0 Å². The molecule has 0 amide bonds. The maximum Gasteiger partial charge on any atom is 0.146 e. The number of aromatic nitrogens is 1. The Bertz CT molecular complexity index is 439. The summed E-state index contributed by atoms with van der Waals surface area (Å²) in [5.41, 5.74) is 7.60. The van der Waals surface area contributed by atoms with Crippen LogP contribution in [0.3, 0.4) is 0 Å². The molecule has 0 saturated carbocycles. The molecule has 4 heteroatoms. The Hall–Kier alpha value is -1.60. The second kappa shape index (κ2) is 4.72. The van der Waals surface area contributed by atoms with Gasteiger partial charge < -0.3 is 10.6 Å². The van der Waals surface area contributed by atoms with Gasteiger partial charge in [-0.05, 0) is 31.4 Å². The van der Waals surface area contributed by atoms with E-state index in [-0.39, 0.29) is 6.04 Å². The average molecular weight is 230 g/mol. The zero-order chi connectivity index (χ0) is 12.4. The summed E-state index contributed by atoms with van der Waals surface area (Å²) >= 11 is 0. The number of rotatable bonds is 1. The molecule has 90 valence electrons. The summed E-state index contributed by atoms with van der Waals surface area (Å²) in [6.45, 7) is 5.85. The number of pyridine rings is 1. The third-order valence-electron chi connectivity index (χ3n) is 3.13. The van der Waals surface area contributed by atoms with E-state index in [1.165, 1.54) is 0 Å². The molecule has 1 aromatic heterocycles. The molecule has 0 aliphatic carbocycles. The highest BCUT2D eigenvalue weighted by atomic mass is 15.2. The van der Waals surface area contributed by atoms with Crippen LogP contribution in [0.1, 0.15) is 24.6 Å². The molecular weight excluding hydrogens is 212 g/mol. The SMILES string of the molecule is Cc1ccc(C#N)c(N2CC(C)CC(N)C2)n1. The van der Waals surface area contributed by atoms with E-state index in [0.717, 1.165) is 31.0 Å². The van der Waals surface area contributed by atoms with Crippen LogP contribution < -0.4 is 10.6 Å². The van der Waals surface area contributed by atoms with E-state index in [1.807, 2.05) is 19.1 Å². The van der Waals surface area contributed by atoms with Gasteiger partial charge in [-0.15, -0.1) is 0 Å². The largest absolute Gasteiger partial charge is 0.354 e. The van der Waals surface area contributed by atoms with Gasteiger partial charge in [0.15, 0.2) is 0 Å². The van der Waals surface area contributed by atoms with Gasteiger partial charge in [-0.25, -0.2) is 4.98 Å². The molecule has 0 radical (unpaired) electrons. The average Bonchev–Trinajstić information content (AvgIpc) is 2.27. The van der Waals surface area contributed by atoms with Gasteiger partial charge in [0.2, 0.25) is 0 Å². The molecule has 0 spiro atoms. The predicted octanol–water partition coefficient (Wildman–Crippen LogP) is 1.44. The number of aryl methyl sites for hydroxylation is 1. The van der Waals surface area contributed by atoms with Gasteiger partial charge in [0.25, 0.3) is 0 Å². The molecule has 1 aliphatic rings. The molecule has 2 heterocycles. The lowest BCUT2D eigenvalue weighted by Crippen LogP contribution is -2.47. The molecule has 2 N–H and O–H groups in total. The summed E-state index contributed by atoms with van der Waals surface area (Å²) in [5, 5.41) is 9.12. The Morgan fingerprint density at radius 1 is 1.47 bits per heavy atom. The molecule has 1 aromatic rings. The number of hydrogen-bond acceptors (Lipinski definition) is 4. The quantitative estimate of drug-likeness (QED) is 0.792. The molecular formula is C13H18N4. The van der Waals surface area contributed by atoms with Crippen molar-refractivity contribution in [2.75, 3.05) is 18.0 Å². The molecule has 0 aromatic carbocycles. The summed E-state index contributed by atoms with van der Waals surface area (Å²) < 4.78 is 0. The third-order valence-corrected chi connectivity index (χ3v) is 3.13. The summed E-state index contributed by atoms with van der Waals surface area (Å²) in [6, 6.07) is 6.08. The van der Waals surface area contributed by atoms with E-state index in [4.69, 9.17) is 11.0 Å². The summed E-state index contributed by atoms with van der Waals surface area (Å²) in [6.07, 6.45) is 1.05. The number of anilines is 1. The van der Waals surface area contributed by atoms with Gasteiger partial charge in [-0.1, -0.05) is 6.92 Å². The number of nitriles is 1. The van der Waals surface area contributed by atoms with Crippen molar-refractivity contribution in [3.05, 3.63) is 23.4 Å². The highest BCUT2D eigenvalue weighted by Crippen LogP contribution is 2.24. The standard InChI is InChI=1S/C13H18N4/c1-9-5-12(15)8-17(7-9)13-11(6-14)4-3-10(2)16-13/h3-4,9,12H,5,7-8,15H2,1-2H3. The molecule has 0 bridgehead atoms. The first-order chi connectivity index (χ1) is 8.10. The number of nitrogens with two attached hydrogens (primary N) is 1. The Labute approximate surface area is 102 Å². The van der Waals surface area contributed by atoms with Crippen LogP contribution in [0, 0.1) is 24.2 Å². The van der Waals surface area contributed by atoms with E-state index in [2.05, 4.69) is 22.9 Å². The van der Waals surface area contributed by atoms with Crippen LogP contribution >= 0.6 is 0 Å². The van der Waals surface area contributed by atoms with Crippen LogP contribution in [0.5, 0.6) is 0 Å². The van der Waals surface area contributed by atoms with E-state index < -0.39 is 0 Å². The highest BCUT2D eigenvalue weighted by Gasteiger charge is 2.24. The van der Waals surface area contributed by atoms with E-state index >= 15 is 0 Å². The lowest BCUT2D eigenvalue weighted by molar-refractivity contribution is 0.399. The third kappa shape index (κ3) is 2.56. The zero-order valence-corrected chi connectivity index (χ0v) is 10.3. The van der Waals surface area contributed by atoms with Gasteiger partial charge in [0, 0.05) is 24.8 Å². The minimum absolute atomic E-state index is 0.174. The number of hydrogen-bond donors (Lipinski definition) is 1. The minimum atomic E-state index is 0.174. The lowest BCUT2D eigenvalue weighted by Gasteiger charge is -2.36. The topological polar surface area (TPSA) is 65.9 Å². The molecule has 2 rings (SSSR count). The van der Waals surface area contributed by atoms with Crippen LogP contribution in [0.25, 0.3) is 0 Å². The number of nitrogens with zero attached hydrogens (tertiary/aromatic N) is 3. The van der Waals surface area contributed by atoms with Crippen LogP contribution in [0.2, 0.25) is 0 Å². The van der Waals surface area contributed by atoms with Crippen molar-refractivity contribution in [3.63, 3.8) is 0 Å². The Balaban J connectivity index is 2.33. The van der Waals surface area contributed by atoms with Gasteiger partial charge in [-0.3, -0.25) is 0 Å².